The number of aliphatic carboxylic acids is 2. The van der Waals surface area contributed by atoms with Gasteiger partial charge in [-0.25, -0.2) is 14.3 Å². The van der Waals surface area contributed by atoms with Crippen molar-refractivity contribution in [3.05, 3.63) is 47.2 Å². The number of carbonyl (C=O) groups is 4. The first-order valence-corrected chi connectivity index (χ1v) is 13.0. The van der Waals surface area contributed by atoms with Crippen LogP contribution in [0.1, 0.15) is 11.6 Å². The number of hydrogen-bond donors (Lipinski definition) is 4. The number of terminal acetylenes is 1. The minimum atomic E-state index is -5.08. The molecule has 0 radical (unpaired) electrons. The smallest absolute Gasteiger partial charge is 0.477 e. The summed E-state index contributed by atoms with van der Waals surface area (Å²) in [5.41, 5.74) is 7.11. The summed E-state index contributed by atoms with van der Waals surface area (Å²) in [7, 11) is 0. The van der Waals surface area contributed by atoms with Crippen LogP contribution in [-0.2, 0) is 25.7 Å². The van der Waals surface area contributed by atoms with Gasteiger partial charge >= 0.3 is 18.1 Å². The van der Waals surface area contributed by atoms with Crippen molar-refractivity contribution in [2.75, 3.05) is 11.5 Å². The Morgan fingerprint density at radius 2 is 1.93 bits per heavy atom. The molecule has 2 aliphatic heterocycles. The first-order chi connectivity index (χ1) is 18.9. The van der Waals surface area contributed by atoms with E-state index in [0.717, 1.165) is 0 Å². The van der Waals surface area contributed by atoms with Crippen LogP contribution in [0.2, 0.25) is 0 Å². The molecule has 1 fully saturated rings. The van der Waals surface area contributed by atoms with Gasteiger partial charge in [0.25, 0.3) is 5.91 Å². The van der Waals surface area contributed by atoms with Crippen molar-refractivity contribution in [3.63, 3.8) is 0 Å². The van der Waals surface area contributed by atoms with Crippen LogP contribution in [0, 0.1) is 12.3 Å². The first-order valence-electron chi connectivity index (χ1n) is 11.0. The molecule has 1 aromatic carbocycles. The maximum absolute atomic E-state index is 12.8. The second-order valence-corrected chi connectivity index (χ2v) is 10.0. The highest BCUT2D eigenvalue weighted by Crippen LogP contribution is 2.41. The predicted octanol–water partition coefficient (Wildman–Crippen LogP) is 0.470. The van der Waals surface area contributed by atoms with Crippen molar-refractivity contribution in [1.82, 2.24) is 30.4 Å². The highest BCUT2D eigenvalue weighted by molar-refractivity contribution is 8.01. The Hall–Kier alpha value is -4.08. The second kappa shape index (κ2) is 12.8. The SMILES string of the molecule is C#CCn1nnnc1SCC1=C(C(=O)O)N2C(=O)C(NC(=O)[C@H](N)c3ccccc3)[C@H]2SC1.O=C(O)C(F)(F)F. The lowest BCUT2D eigenvalue weighted by Gasteiger charge is -2.49. The molecule has 212 valence electrons. The predicted molar refractivity (Wildman–Crippen MR) is 134 cm³/mol. The number of tetrazole rings is 1. The first kappa shape index (κ1) is 30.5. The molecule has 2 aliphatic rings. The molecular weight excluding hydrogens is 579 g/mol. The highest BCUT2D eigenvalue weighted by Gasteiger charge is 2.54. The molecule has 3 heterocycles. The fourth-order valence-electron chi connectivity index (χ4n) is 3.49. The number of β-lactam (4-membered cyclic amide) rings is 1. The lowest BCUT2D eigenvalue weighted by atomic mass is 10.0. The summed E-state index contributed by atoms with van der Waals surface area (Å²) in [6, 6.07) is 7.02. The van der Waals surface area contributed by atoms with Crippen molar-refractivity contribution in [2.45, 2.75) is 35.3 Å². The van der Waals surface area contributed by atoms with Gasteiger partial charge in [0, 0.05) is 11.5 Å². The van der Waals surface area contributed by atoms with Crippen LogP contribution in [0.4, 0.5) is 13.2 Å². The fraction of sp³-hybridized carbons (Fsp3) is 0.318. The fourth-order valence-corrected chi connectivity index (χ4v) is 5.85. The van der Waals surface area contributed by atoms with Crippen LogP contribution in [0.15, 0.2) is 46.8 Å². The third kappa shape index (κ3) is 6.91. The molecule has 0 saturated carbocycles. The van der Waals surface area contributed by atoms with E-state index in [1.54, 1.807) is 24.3 Å². The third-order valence-electron chi connectivity index (χ3n) is 5.35. The van der Waals surface area contributed by atoms with Gasteiger partial charge in [-0.3, -0.25) is 14.5 Å². The van der Waals surface area contributed by atoms with Gasteiger partial charge in [-0.05, 0) is 21.6 Å². The van der Waals surface area contributed by atoms with Gasteiger partial charge in [0.15, 0.2) is 0 Å². The van der Waals surface area contributed by atoms with E-state index in [2.05, 4.69) is 26.8 Å². The number of nitrogens with zero attached hydrogens (tertiary/aromatic N) is 5. The number of nitrogens with one attached hydrogen (secondary N) is 1. The molecule has 4 rings (SSSR count). The van der Waals surface area contributed by atoms with E-state index in [-0.39, 0.29) is 18.0 Å². The standard InChI is InChI=1S/C20H19N7O4S2.C2HF3O2/c1-2-8-26-20(23-24-25-26)33-10-12-9-32-18-14(17(29)27(18)15(12)19(30)31)22-16(28)13(21)11-6-4-3-5-7-11;3-2(4,5)1(6)7/h1,3-7,13-14,18H,8-10,21H2,(H,22,28)(H,30,31);(H,6,7)/t13-,14?,18-;/m1./s1. The summed E-state index contributed by atoms with van der Waals surface area (Å²) in [5.74, 6) is -1.87. The van der Waals surface area contributed by atoms with Crippen LogP contribution in [0.3, 0.4) is 0 Å². The van der Waals surface area contributed by atoms with E-state index in [4.69, 9.17) is 22.1 Å². The molecule has 0 spiro atoms. The summed E-state index contributed by atoms with van der Waals surface area (Å²) >= 11 is 2.61. The largest absolute Gasteiger partial charge is 0.490 e. The molecule has 1 aromatic heterocycles. The van der Waals surface area contributed by atoms with Gasteiger partial charge in [0.2, 0.25) is 11.1 Å². The third-order valence-corrected chi connectivity index (χ3v) is 7.73. The zero-order chi connectivity index (χ0) is 29.6. The van der Waals surface area contributed by atoms with Crippen LogP contribution >= 0.6 is 23.5 Å². The van der Waals surface area contributed by atoms with E-state index in [1.807, 2.05) is 6.07 Å². The van der Waals surface area contributed by atoms with E-state index < -0.39 is 47.4 Å². The molecule has 2 aromatic rings. The number of rotatable bonds is 8. The molecular formula is C22H20F3N7O6S2. The molecule has 13 nitrogen and oxygen atoms in total. The normalized spacial score (nSPS) is 18.9. The Kier molecular flexibility index (Phi) is 9.78. The molecule has 1 saturated heterocycles. The number of benzene rings is 1. The van der Waals surface area contributed by atoms with Crippen molar-refractivity contribution in [1.29, 1.82) is 0 Å². The molecule has 1 unspecified atom stereocenters. The summed E-state index contributed by atoms with van der Waals surface area (Å²) in [6.45, 7) is 0.189. The van der Waals surface area contributed by atoms with Gasteiger partial charge in [-0.2, -0.15) is 13.2 Å². The van der Waals surface area contributed by atoms with Crippen LogP contribution < -0.4 is 11.1 Å². The molecule has 5 N–H and O–H groups in total. The molecule has 2 amide bonds. The van der Waals surface area contributed by atoms with Crippen molar-refractivity contribution in [2.24, 2.45) is 5.73 Å². The Labute approximate surface area is 232 Å². The van der Waals surface area contributed by atoms with Crippen LogP contribution in [0.25, 0.3) is 0 Å². The maximum Gasteiger partial charge on any atom is 0.490 e. The number of fused-ring (bicyclic) bond motifs is 1. The number of nitrogens with two attached hydrogens (primary N) is 1. The Morgan fingerprint density at radius 3 is 2.50 bits per heavy atom. The van der Waals surface area contributed by atoms with Crippen molar-refractivity contribution < 1.29 is 42.6 Å². The summed E-state index contributed by atoms with van der Waals surface area (Å²) in [4.78, 5) is 47.5. The maximum atomic E-state index is 12.8. The minimum Gasteiger partial charge on any atom is -0.477 e. The minimum absolute atomic E-state index is 0.0786. The van der Waals surface area contributed by atoms with E-state index in [0.29, 0.717) is 22.0 Å². The summed E-state index contributed by atoms with van der Waals surface area (Å²) < 4.78 is 33.2. The van der Waals surface area contributed by atoms with Crippen molar-refractivity contribution in [3.8, 4) is 12.3 Å². The Morgan fingerprint density at radius 1 is 1.27 bits per heavy atom. The zero-order valence-electron chi connectivity index (χ0n) is 20.1. The molecule has 3 atom stereocenters. The molecule has 18 heteroatoms. The highest BCUT2D eigenvalue weighted by atomic mass is 32.2. The Bertz CT molecular complexity index is 1360. The number of carboxylic acid groups (broad SMARTS) is 2. The summed E-state index contributed by atoms with van der Waals surface area (Å²) in [5, 5.41) is 30.8. The van der Waals surface area contributed by atoms with Crippen LogP contribution in [-0.4, -0.2) is 88.2 Å². The lowest BCUT2D eigenvalue weighted by molar-refractivity contribution is -0.192. The Balaban J connectivity index is 0.000000559. The van der Waals surface area contributed by atoms with Crippen LogP contribution in [0.5, 0.6) is 0 Å². The number of carboxylic acids is 2. The van der Waals surface area contributed by atoms with Gasteiger partial charge in [0.1, 0.15) is 29.7 Å². The quantitative estimate of drug-likeness (QED) is 0.186. The second-order valence-electron chi connectivity index (χ2n) is 7.96. The monoisotopic (exact) mass is 599 g/mol. The van der Waals surface area contributed by atoms with Crippen molar-refractivity contribution >= 4 is 47.3 Å². The number of thioether (sulfide) groups is 2. The molecule has 0 aliphatic carbocycles. The molecule has 40 heavy (non-hydrogen) atoms. The summed E-state index contributed by atoms with van der Waals surface area (Å²) in [6.07, 6.45) is 0.213. The number of carbonyl (C=O) groups excluding carboxylic acids is 2. The van der Waals surface area contributed by atoms with Gasteiger partial charge < -0.3 is 21.3 Å². The number of hydrogen-bond acceptors (Lipinski definition) is 10. The number of aromatic nitrogens is 4. The average molecular weight is 600 g/mol. The van der Waals surface area contributed by atoms with Gasteiger partial charge in [-0.15, -0.1) is 23.3 Å². The van der Waals surface area contributed by atoms with E-state index in [1.165, 1.54) is 33.1 Å². The topological polar surface area (TPSA) is 194 Å². The number of amides is 2. The number of alkyl halides is 3. The van der Waals surface area contributed by atoms with E-state index in [9.17, 15) is 32.7 Å². The van der Waals surface area contributed by atoms with E-state index >= 15 is 0 Å². The zero-order valence-corrected chi connectivity index (χ0v) is 21.7. The number of halogens is 3. The van der Waals surface area contributed by atoms with Gasteiger partial charge in [-0.1, -0.05) is 48.0 Å². The van der Waals surface area contributed by atoms with Gasteiger partial charge in [0.05, 0.1) is 0 Å². The molecule has 0 bridgehead atoms. The lowest BCUT2D eigenvalue weighted by Crippen LogP contribution is -2.71. The average Bonchev–Trinajstić information content (AvgIpc) is 3.36.